The normalized spacial score (nSPS) is 23.1. The van der Waals surface area contributed by atoms with E-state index in [9.17, 15) is 0 Å². The monoisotopic (exact) mass is 127 g/mol. The van der Waals surface area contributed by atoms with Gasteiger partial charge in [0.2, 0.25) is 0 Å². The summed E-state index contributed by atoms with van der Waals surface area (Å²) in [5.74, 6) is 0. The fraction of sp³-hybridized carbons (Fsp3) is 0.833. The number of isothiocyanates is 1. The topological polar surface area (TPSA) is 12.4 Å². The lowest BCUT2D eigenvalue weighted by molar-refractivity contribution is 0.281. The van der Waals surface area contributed by atoms with Crippen LogP contribution in [0.5, 0.6) is 0 Å². The summed E-state index contributed by atoms with van der Waals surface area (Å²) in [7, 11) is 0. The molecule has 0 N–H and O–H groups in total. The minimum Gasteiger partial charge on any atom is -0.226 e. The fourth-order valence-corrected chi connectivity index (χ4v) is 1.13. The molecule has 0 aromatic heterocycles. The summed E-state index contributed by atoms with van der Waals surface area (Å²) in [5, 5.41) is 2.42. The van der Waals surface area contributed by atoms with E-state index in [4.69, 9.17) is 0 Å². The molecule has 0 radical (unpaired) electrons. The van der Waals surface area contributed by atoms with Gasteiger partial charge in [0.05, 0.1) is 10.7 Å². The van der Waals surface area contributed by atoms with Gasteiger partial charge in [-0.3, -0.25) is 0 Å². The Kier molecular flexibility index (Phi) is 1.45. The van der Waals surface area contributed by atoms with Gasteiger partial charge >= 0.3 is 0 Å². The maximum atomic E-state index is 4.48. The lowest BCUT2D eigenvalue weighted by Gasteiger charge is -2.32. The van der Waals surface area contributed by atoms with Crippen LogP contribution in [0.4, 0.5) is 0 Å². The van der Waals surface area contributed by atoms with Crippen molar-refractivity contribution < 1.29 is 0 Å². The Morgan fingerprint density at radius 3 is 2.38 bits per heavy atom. The van der Waals surface area contributed by atoms with Crippen molar-refractivity contribution >= 4 is 17.4 Å². The quantitative estimate of drug-likeness (QED) is 0.388. The SMILES string of the molecule is CC1(N=C=S)CCC1. The summed E-state index contributed by atoms with van der Waals surface area (Å²) < 4.78 is 0. The molecule has 0 amide bonds. The highest BCUT2D eigenvalue weighted by atomic mass is 32.1. The van der Waals surface area contributed by atoms with Gasteiger partial charge in [-0.25, -0.2) is 4.99 Å². The second-order valence-electron chi connectivity index (χ2n) is 2.55. The van der Waals surface area contributed by atoms with Gasteiger partial charge in [0.25, 0.3) is 0 Å². The van der Waals surface area contributed by atoms with Gasteiger partial charge in [0.1, 0.15) is 0 Å². The van der Waals surface area contributed by atoms with Crippen molar-refractivity contribution in [3.63, 3.8) is 0 Å². The van der Waals surface area contributed by atoms with Crippen molar-refractivity contribution in [1.29, 1.82) is 0 Å². The summed E-state index contributed by atoms with van der Waals surface area (Å²) in [5.41, 5.74) is 0.182. The van der Waals surface area contributed by atoms with E-state index in [1.165, 1.54) is 19.3 Å². The smallest absolute Gasteiger partial charge is 0.0683 e. The predicted octanol–water partition coefficient (Wildman–Crippen LogP) is 2.03. The molecule has 0 atom stereocenters. The first-order valence-corrected chi connectivity index (χ1v) is 3.27. The van der Waals surface area contributed by atoms with Crippen LogP contribution in [0.1, 0.15) is 26.2 Å². The van der Waals surface area contributed by atoms with Gasteiger partial charge in [-0.15, -0.1) is 0 Å². The van der Waals surface area contributed by atoms with E-state index in [0.717, 1.165) is 0 Å². The van der Waals surface area contributed by atoms with Crippen molar-refractivity contribution in [2.24, 2.45) is 4.99 Å². The molecule has 1 rings (SSSR count). The minimum absolute atomic E-state index is 0.182. The van der Waals surface area contributed by atoms with Gasteiger partial charge in [-0.2, -0.15) is 0 Å². The molecule has 0 spiro atoms. The molecule has 0 saturated heterocycles. The Morgan fingerprint density at radius 1 is 1.62 bits per heavy atom. The number of thiocarbonyl (C=S) groups is 1. The van der Waals surface area contributed by atoms with E-state index in [2.05, 4.69) is 29.3 Å². The highest BCUT2D eigenvalue weighted by Gasteiger charge is 2.30. The largest absolute Gasteiger partial charge is 0.226 e. The molecule has 2 heteroatoms. The third kappa shape index (κ3) is 0.960. The first-order valence-electron chi connectivity index (χ1n) is 2.86. The molecular formula is C6H9NS. The molecule has 0 heterocycles. The molecule has 0 unspecified atom stereocenters. The number of nitrogens with zero attached hydrogens (tertiary/aromatic N) is 1. The predicted molar refractivity (Wildman–Crippen MR) is 37.3 cm³/mol. The molecule has 1 fully saturated rings. The van der Waals surface area contributed by atoms with Gasteiger partial charge in [-0.05, 0) is 38.4 Å². The van der Waals surface area contributed by atoms with E-state index in [1.807, 2.05) is 0 Å². The Hall–Kier alpha value is -0.200. The van der Waals surface area contributed by atoms with E-state index in [1.54, 1.807) is 0 Å². The molecule has 0 aromatic rings. The highest BCUT2D eigenvalue weighted by molar-refractivity contribution is 7.78. The molecule has 1 aliphatic carbocycles. The Labute approximate surface area is 54.8 Å². The molecule has 1 aliphatic rings. The zero-order chi connectivity index (χ0) is 6.04. The van der Waals surface area contributed by atoms with Crippen LogP contribution in [-0.2, 0) is 0 Å². The summed E-state index contributed by atoms with van der Waals surface area (Å²) in [4.78, 5) is 4.03. The molecule has 44 valence electrons. The number of aliphatic imine (C=N–C) groups is 1. The Morgan fingerprint density at radius 2 is 2.25 bits per heavy atom. The van der Waals surface area contributed by atoms with E-state index < -0.39 is 0 Å². The van der Waals surface area contributed by atoms with Crippen LogP contribution >= 0.6 is 12.2 Å². The van der Waals surface area contributed by atoms with Crippen molar-refractivity contribution in [2.45, 2.75) is 31.7 Å². The van der Waals surface area contributed by atoms with Crippen LogP contribution < -0.4 is 0 Å². The zero-order valence-corrected chi connectivity index (χ0v) is 5.79. The Bertz CT molecular complexity index is 131. The zero-order valence-electron chi connectivity index (χ0n) is 4.98. The molecule has 0 bridgehead atoms. The van der Waals surface area contributed by atoms with Crippen molar-refractivity contribution in [1.82, 2.24) is 0 Å². The summed E-state index contributed by atoms with van der Waals surface area (Å²) >= 11 is 4.48. The van der Waals surface area contributed by atoms with Crippen molar-refractivity contribution in [3.8, 4) is 0 Å². The summed E-state index contributed by atoms with van der Waals surface area (Å²) in [6.45, 7) is 2.12. The first-order chi connectivity index (χ1) is 3.77. The minimum atomic E-state index is 0.182. The fourth-order valence-electron chi connectivity index (χ4n) is 0.910. The third-order valence-corrected chi connectivity index (χ3v) is 1.84. The van der Waals surface area contributed by atoms with Crippen LogP contribution in [0.25, 0.3) is 0 Å². The average Bonchev–Trinajstić information content (AvgIpc) is 1.64. The number of hydrogen-bond donors (Lipinski definition) is 0. The Balaban J connectivity index is 2.53. The van der Waals surface area contributed by atoms with Crippen LogP contribution in [-0.4, -0.2) is 10.7 Å². The van der Waals surface area contributed by atoms with Crippen LogP contribution in [0.15, 0.2) is 4.99 Å². The number of hydrogen-bond acceptors (Lipinski definition) is 2. The van der Waals surface area contributed by atoms with E-state index in [-0.39, 0.29) is 5.54 Å². The first kappa shape index (κ1) is 5.93. The van der Waals surface area contributed by atoms with Crippen LogP contribution in [0, 0.1) is 0 Å². The summed E-state index contributed by atoms with van der Waals surface area (Å²) in [6.07, 6.45) is 3.68. The average molecular weight is 127 g/mol. The van der Waals surface area contributed by atoms with E-state index in [0.29, 0.717) is 0 Å². The van der Waals surface area contributed by atoms with Crippen molar-refractivity contribution in [3.05, 3.63) is 0 Å². The van der Waals surface area contributed by atoms with Crippen LogP contribution in [0.2, 0.25) is 0 Å². The lowest BCUT2D eigenvalue weighted by atomic mass is 9.79. The standard InChI is InChI=1S/C6H9NS/c1-6(7-5-8)3-2-4-6/h2-4H2,1H3. The second-order valence-corrected chi connectivity index (χ2v) is 2.74. The van der Waals surface area contributed by atoms with Gasteiger partial charge in [0, 0.05) is 0 Å². The maximum absolute atomic E-state index is 4.48. The van der Waals surface area contributed by atoms with E-state index >= 15 is 0 Å². The molecule has 1 saturated carbocycles. The highest BCUT2D eigenvalue weighted by Crippen LogP contribution is 2.34. The molecule has 8 heavy (non-hydrogen) atoms. The van der Waals surface area contributed by atoms with Gasteiger partial charge in [-0.1, -0.05) is 0 Å². The molecule has 0 aliphatic heterocycles. The second kappa shape index (κ2) is 1.96. The van der Waals surface area contributed by atoms with Gasteiger partial charge < -0.3 is 0 Å². The van der Waals surface area contributed by atoms with Gasteiger partial charge in [0.15, 0.2) is 0 Å². The van der Waals surface area contributed by atoms with Crippen molar-refractivity contribution in [2.75, 3.05) is 0 Å². The number of rotatable bonds is 1. The summed E-state index contributed by atoms with van der Waals surface area (Å²) in [6, 6.07) is 0. The third-order valence-electron chi connectivity index (χ3n) is 1.75. The molecule has 0 aromatic carbocycles. The lowest BCUT2D eigenvalue weighted by Crippen LogP contribution is -2.30. The maximum Gasteiger partial charge on any atom is 0.0683 e. The van der Waals surface area contributed by atoms with Crippen LogP contribution in [0.3, 0.4) is 0 Å². The molecular weight excluding hydrogens is 118 g/mol. The molecule has 1 nitrogen and oxygen atoms in total.